The summed E-state index contributed by atoms with van der Waals surface area (Å²) in [5, 5.41) is 2.00. The Morgan fingerprint density at radius 2 is 1.61 bits per heavy atom. The first-order valence-electron chi connectivity index (χ1n) is 8.93. The molecular weight excluding hydrogens is 368 g/mol. The van der Waals surface area contributed by atoms with Gasteiger partial charge in [0.15, 0.2) is 5.82 Å². The fourth-order valence-corrected chi connectivity index (χ4v) is 3.91. The largest absolute Gasteiger partial charge is 0.342 e. The quantitative estimate of drug-likeness (QED) is 0.330. The summed E-state index contributed by atoms with van der Waals surface area (Å²) in [7, 11) is 0. The van der Waals surface area contributed by atoms with E-state index in [9.17, 15) is 4.79 Å². The second kappa shape index (κ2) is 6.90. The molecule has 5 aromatic rings. The average Bonchev–Trinajstić information content (AvgIpc) is 3.45. The summed E-state index contributed by atoms with van der Waals surface area (Å²) in [5.74, 6) is 0.985. The minimum absolute atomic E-state index is 0.120. The number of Topliss-reactive ketones (excluding diaryl/α,β-unsaturated/α-hetero) is 1. The lowest BCUT2D eigenvalue weighted by atomic mass is 10.1. The van der Waals surface area contributed by atoms with Gasteiger partial charge in [0.25, 0.3) is 0 Å². The van der Waals surface area contributed by atoms with Crippen molar-refractivity contribution in [2.24, 2.45) is 0 Å². The van der Waals surface area contributed by atoms with Crippen LogP contribution < -0.4 is 0 Å². The number of aromatic amines is 2. The summed E-state index contributed by atoms with van der Waals surface area (Å²) in [4.78, 5) is 29.8. The number of nitrogens with zero attached hydrogens (tertiary/aromatic N) is 2. The van der Waals surface area contributed by atoms with E-state index >= 15 is 0 Å². The van der Waals surface area contributed by atoms with Gasteiger partial charge in [0, 0.05) is 16.9 Å². The van der Waals surface area contributed by atoms with Gasteiger partial charge in [-0.1, -0.05) is 30.3 Å². The number of carbonyl (C=O) groups excluding carboxylic acids is 1. The van der Waals surface area contributed by atoms with E-state index in [-0.39, 0.29) is 5.78 Å². The predicted octanol–water partition coefficient (Wildman–Crippen LogP) is 5.01. The van der Waals surface area contributed by atoms with E-state index < -0.39 is 0 Å². The zero-order chi connectivity index (χ0) is 18.9. The maximum Gasteiger partial charge on any atom is 0.224 e. The van der Waals surface area contributed by atoms with Crippen LogP contribution >= 0.6 is 11.3 Å². The lowest BCUT2D eigenvalue weighted by Gasteiger charge is -2.03. The highest BCUT2D eigenvalue weighted by Gasteiger charge is 2.19. The SMILES string of the molecule is O=C(/C(=C/c1cccs1)Cc1nc2ccccc2[nH]1)c1nc2ccccc2[nH]1. The first kappa shape index (κ1) is 16.6. The van der Waals surface area contributed by atoms with Crippen LogP contribution in [0.25, 0.3) is 28.1 Å². The highest BCUT2D eigenvalue weighted by molar-refractivity contribution is 7.10. The predicted molar refractivity (Wildman–Crippen MR) is 113 cm³/mol. The standard InChI is InChI=1S/C22H16N4OS/c27-21(22-25-18-9-3-4-10-19(18)26-22)14(12-15-6-5-11-28-15)13-20-23-16-7-1-2-8-17(16)24-20/h1-12H,13H2,(H,23,24)(H,25,26)/b14-12+. The number of allylic oxidation sites excluding steroid dienone is 1. The molecule has 5 nitrogen and oxygen atoms in total. The normalized spacial score (nSPS) is 12.1. The minimum Gasteiger partial charge on any atom is -0.342 e. The van der Waals surface area contributed by atoms with E-state index in [1.54, 1.807) is 11.3 Å². The summed E-state index contributed by atoms with van der Waals surface area (Å²) in [6.45, 7) is 0. The van der Waals surface area contributed by atoms with Crippen LogP contribution in [0.3, 0.4) is 0 Å². The number of fused-ring (bicyclic) bond motifs is 2. The van der Waals surface area contributed by atoms with E-state index in [2.05, 4.69) is 19.9 Å². The van der Waals surface area contributed by atoms with Gasteiger partial charge in [0.2, 0.25) is 5.78 Å². The summed E-state index contributed by atoms with van der Waals surface area (Å²) in [6, 6.07) is 19.5. The molecule has 0 unspecified atom stereocenters. The molecular formula is C22H16N4OS. The first-order valence-corrected chi connectivity index (χ1v) is 9.81. The number of imidazole rings is 2. The zero-order valence-electron chi connectivity index (χ0n) is 14.8. The Kier molecular flexibility index (Phi) is 4.10. The summed E-state index contributed by atoms with van der Waals surface area (Å²) >= 11 is 1.59. The Bertz CT molecular complexity index is 1240. The van der Waals surface area contributed by atoms with E-state index in [1.165, 1.54) is 0 Å². The maximum absolute atomic E-state index is 13.3. The first-order chi connectivity index (χ1) is 13.8. The van der Waals surface area contributed by atoms with Gasteiger partial charge in [-0.3, -0.25) is 4.79 Å². The van der Waals surface area contributed by atoms with Crippen molar-refractivity contribution in [3.8, 4) is 0 Å². The minimum atomic E-state index is -0.120. The van der Waals surface area contributed by atoms with Crippen LogP contribution in [0.15, 0.2) is 71.6 Å². The molecule has 0 amide bonds. The molecule has 2 N–H and O–H groups in total. The Morgan fingerprint density at radius 1 is 0.893 bits per heavy atom. The lowest BCUT2D eigenvalue weighted by Crippen LogP contribution is -2.09. The van der Waals surface area contributed by atoms with Crippen molar-refractivity contribution in [3.63, 3.8) is 0 Å². The van der Waals surface area contributed by atoms with Crippen molar-refractivity contribution in [1.29, 1.82) is 0 Å². The van der Waals surface area contributed by atoms with E-state index in [0.717, 1.165) is 32.8 Å². The number of rotatable bonds is 5. The van der Waals surface area contributed by atoms with E-state index in [0.29, 0.717) is 17.8 Å². The van der Waals surface area contributed by atoms with Crippen molar-refractivity contribution in [2.45, 2.75) is 6.42 Å². The van der Waals surface area contributed by atoms with Crippen molar-refractivity contribution in [2.75, 3.05) is 0 Å². The summed E-state index contributed by atoms with van der Waals surface area (Å²) in [5.41, 5.74) is 4.13. The molecule has 0 aliphatic rings. The van der Waals surface area contributed by atoms with Crippen LogP contribution in [0.1, 0.15) is 21.3 Å². The number of H-pyrrole nitrogens is 2. The molecule has 0 aliphatic heterocycles. The van der Waals surface area contributed by atoms with Crippen molar-refractivity contribution >= 4 is 45.3 Å². The van der Waals surface area contributed by atoms with Gasteiger partial charge in [-0.2, -0.15) is 0 Å². The van der Waals surface area contributed by atoms with Gasteiger partial charge in [0.05, 0.1) is 22.1 Å². The highest BCUT2D eigenvalue weighted by atomic mass is 32.1. The van der Waals surface area contributed by atoms with Crippen molar-refractivity contribution in [1.82, 2.24) is 19.9 Å². The van der Waals surface area contributed by atoms with Crippen molar-refractivity contribution in [3.05, 3.63) is 88.1 Å². The molecule has 3 aromatic heterocycles. The zero-order valence-corrected chi connectivity index (χ0v) is 15.7. The molecule has 0 fully saturated rings. The monoisotopic (exact) mass is 384 g/mol. The second-order valence-corrected chi connectivity index (χ2v) is 7.47. The number of para-hydroxylation sites is 4. The molecule has 0 atom stereocenters. The third-order valence-electron chi connectivity index (χ3n) is 4.55. The van der Waals surface area contributed by atoms with Crippen molar-refractivity contribution < 1.29 is 4.79 Å². The lowest BCUT2D eigenvalue weighted by molar-refractivity contribution is 0.102. The molecule has 2 aromatic carbocycles. The van der Waals surface area contributed by atoms with Crippen LogP contribution in [0.4, 0.5) is 0 Å². The van der Waals surface area contributed by atoms with Gasteiger partial charge >= 0.3 is 0 Å². The maximum atomic E-state index is 13.3. The van der Waals surface area contributed by atoms with Gasteiger partial charge in [-0.05, 0) is 41.8 Å². The molecule has 0 saturated carbocycles. The second-order valence-electron chi connectivity index (χ2n) is 6.49. The summed E-state index contributed by atoms with van der Waals surface area (Å²) in [6.07, 6.45) is 2.33. The number of thiophene rings is 1. The van der Waals surface area contributed by atoms with Gasteiger partial charge < -0.3 is 9.97 Å². The number of aromatic nitrogens is 4. The molecule has 0 aliphatic carbocycles. The molecule has 3 heterocycles. The Morgan fingerprint density at radius 3 is 2.29 bits per heavy atom. The topological polar surface area (TPSA) is 74.4 Å². The number of hydrogen-bond donors (Lipinski definition) is 2. The number of carbonyl (C=O) groups is 1. The number of nitrogens with one attached hydrogen (secondary N) is 2. The highest BCUT2D eigenvalue weighted by Crippen LogP contribution is 2.21. The van der Waals surface area contributed by atoms with Crippen LogP contribution in [-0.2, 0) is 6.42 Å². The van der Waals surface area contributed by atoms with E-state index in [4.69, 9.17) is 0 Å². The molecule has 136 valence electrons. The van der Waals surface area contributed by atoms with Gasteiger partial charge in [0.1, 0.15) is 5.82 Å². The van der Waals surface area contributed by atoms with Crippen LogP contribution in [0.2, 0.25) is 0 Å². The molecule has 28 heavy (non-hydrogen) atoms. The molecule has 0 bridgehead atoms. The molecule has 0 radical (unpaired) electrons. The third kappa shape index (κ3) is 3.14. The van der Waals surface area contributed by atoms with Crippen LogP contribution in [0.5, 0.6) is 0 Å². The number of hydrogen-bond acceptors (Lipinski definition) is 4. The Labute approximate surface area is 164 Å². The number of ketones is 1. The fourth-order valence-electron chi connectivity index (χ4n) is 3.22. The Hall–Kier alpha value is -3.51. The van der Waals surface area contributed by atoms with Gasteiger partial charge in [-0.15, -0.1) is 11.3 Å². The third-order valence-corrected chi connectivity index (χ3v) is 5.37. The van der Waals surface area contributed by atoms with Gasteiger partial charge in [-0.25, -0.2) is 9.97 Å². The molecule has 0 spiro atoms. The molecule has 6 heteroatoms. The average molecular weight is 384 g/mol. The summed E-state index contributed by atoms with van der Waals surface area (Å²) < 4.78 is 0. The fraction of sp³-hybridized carbons (Fsp3) is 0.0455. The van der Waals surface area contributed by atoms with E-state index in [1.807, 2.05) is 72.1 Å². The molecule has 0 saturated heterocycles. The van der Waals surface area contributed by atoms with Crippen LogP contribution in [0, 0.1) is 0 Å². The van der Waals surface area contributed by atoms with Crippen LogP contribution in [-0.4, -0.2) is 25.7 Å². The Balaban J connectivity index is 1.54. The number of benzene rings is 2. The smallest absolute Gasteiger partial charge is 0.224 e. The molecule has 5 rings (SSSR count).